The number of halogens is 4. The number of esters is 1. The number of ether oxygens (including phenoxy) is 2. The number of hydrogen-bond acceptors (Lipinski definition) is 5. The van der Waals surface area contributed by atoms with Gasteiger partial charge in [0.05, 0.1) is 10.9 Å². The van der Waals surface area contributed by atoms with Crippen molar-refractivity contribution in [1.82, 2.24) is 0 Å². The number of carbonyl (C=O) groups is 1. The highest BCUT2D eigenvalue weighted by Gasteiger charge is 2.40. The molecular formula is C25H16F4O5. The summed E-state index contributed by atoms with van der Waals surface area (Å²) in [5.41, 5.74) is 0.0115. The van der Waals surface area contributed by atoms with Crippen LogP contribution >= 0.6 is 0 Å². The number of fused-ring (bicyclic) bond motifs is 1. The number of hydrogen-bond donors (Lipinski definition) is 0. The van der Waals surface area contributed by atoms with Gasteiger partial charge in [0.2, 0.25) is 11.2 Å². The Labute approximate surface area is 190 Å². The predicted molar refractivity (Wildman–Crippen MR) is 115 cm³/mol. The molecule has 0 amide bonds. The van der Waals surface area contributed by atoms with E-state index in [1.54, 1.807) is 19.9 Å². The zero-order valence-electron chi connectivity index (χ0n) is 17.8. The first-order valence-corrected chi connectivity index (χ1v) is 9.93. The van der Waals surface area contributed by atoms with Crippen molar-refractivity contribution in [3.63, 3.8) is 0 Å². The molecule has 0 unspecified atom stereocenters. The van der Waals surface area contributed by atoms with Gasteiger partial charge in [0, 0.05) is 6.07 Å². The Morgan fingerprint density at radius 3 is 2.15 bits per heavy atom. The number of rotatable bonds is 4. The molecule has 0 bridgehead atoms. The van der Waals surface area contributed by atoms with Crippen LogP contribution in [0.2, 0.25) is 0 Å². The molecule has 0 radical (unpaired) electrons. The summed E-state index contributed by atoms with van der Waals surface area (Å²) in [6.45, 7) is 3.48. The van der Waals surface area contributed by atoms with Crippen LogP contribution in [-0.2, 0) is 6.18 Å². The van der Waals surface area contributed by atoms with Gasteiger partial charge in [0.15, 0.2) is 0 Å². The number of aryl methyl sites for hydroxylation is 2. The average molecular weight is 472 g/mol. The van der Waals surface area contributed by atoms with Gasteiger partial charge in [0.1, 0.15) is 22.9 Å². The highest BCUT2D eigenvalue weighted by atomic mass is 19.4. The zero-order chi connectivity index (χ0) is 24.6. The monoisotopic (exact) mass is 472 g/mol. The summed E-state index contributed by atoms with van der Waals surface area (Å²) < 4.78 is 69.8. The SMILES string of the molecule is Cc1cc(C)cc(Oc2c(C(F)(F)F)oc3cc(OC(=O)c4ccc(F)cc4)ccc3c2=O)c1. The van der Waals surface area contributed by atoms with Crippen LogP contribution in [0.1, 0.15) is 27.2 Å². The molecule has 34 heavy (non-hydrogen) atoms. The van der Waals surface area contributed by atoms with E-state index in [2.05, 4.69) is 0 Å². The Bertz CT molecular complexity index is 1430. The summed E-state index contributed by atoms with van der Waals surface area (Å²) >= 11 is 0. The molecule has 0 saturated carbocycles. The fraction of sp³-hybridized carbons (Fsp3) is 0.120. The average Bonchev–Trinajstić information content (AvgIpc) is 2.74. The molecule has 1 heterocycles. The van der Waals surface area contributed by atoms with E-state index in [4.69, 9.17) is 13.9 Å². The normalized spacial score (nSPS) is 11.5. The van der Waals surface area contributed by atoms with Crippen LogP contribution < -0.4 is 14.9 Å². The lowest BCUT2D eigenvalue weighted by molar-refractivity contribution is -0.154. The maximum absolute atomic E-state index is 13.8. The summed E-state index contributed by atoms with van der Waals surface area (Å²) in [5, 5.41) is -0.200. The summed E-state index contributed by atoms with van der Waals surface area (Å²) in [4.78, 5) is 25.2. The molecule has 5 nitrogen and oxygen atoms in total. The van der Waals surface area contributed by atoms with Crippen molar-refractivity contribution in [2.24, 2.45) is 0 Å². The first-order chi connectivity index (χ1) is 16.0. The molecule has 0 saturated heterocycles. The first kappa shape index (κ1) is 23.0. The number of alkyl halides is 3. The molecule has 4 aromatic rings. The molecule has 1 aromatic heterocycles. The summed E-state index contributed by atoms with van der Waals surface area (Å²) in [6.07, 6.45) is -5.04. The third-order valence-electron chi connectivity index (χ3n) is 4.79. The molecule has 0 aliphatic rings. The lowest BCUT2D eigenvalue weighted by Gasteiger charge is -2.14. The minimum Gasteiger partial charge on any atom is -0.449 e. The second kappa shape index (κ2) is 8.66. The Morgan fingerprint density at radius 1 is 0.882 bits per heavy atom. The van der Waals surface area contributed by atoms with Gasteiger partial charge in [-0.2, -0.15) is 13.2 Å². The van der Waals surface area contributed by atoms with Crippen LogP contribution in [0, 0.1) is 19.7 Å². The fourth-order valence-electron chi connectivity index (χ4n) is 3.36. The number of carbonyl (C=O) groups excluding carboxylic acids is 1. The highest BCUT2D eigenvalue weighted by Crippen LogP contribution is 2.39. The Kier molecular flexibility index (Phi) is 5.87. The smallest absolute Gasteiger partial charge is 0.449 e. The Balaban J connectivity index is 1.76. The third-order valence-corrected chi connectivity index (χ3v) is 4.79. The molecule has 3 aromatic carbocycles. The Hall–Kier alpha value is -4.14. The topological polar surface area (TPSA) is 65.7 Å². The van der Waals surface area contributed by atoms with E-state index in [-0.39, 0.29) is 22.4 Å². The van der Waals surface area contributed by atoms with Crippen molar-refractivity contribution >= 4 is 16.9 Å². The minimum absolute atomic E-state index is 0.0242. The third kappa shape index (κ3) is 4.78. The quantitative estimate of drug-likeness (QED) is 0.191. The van der Waals surface area contributed by atoms with Crippen molar-refractivity contribution < 1.29 is 36.2 Å². The van der Waals surface area contributed by atoms with Crippen molar-refractivity contribution in [1.29, 1.82) is 0 Å². The minimum atomic E-state index is -5.04. The van der Waals surface area contributed by atoms with Gasteiger partial charge in [-0.1, -0.05) is 6.07 Å². The van der Waals surface area contributed by atoms with E-state index in [0.29, 0.717) is 0 Å². The molecular weight excluding hydrogens is 456 g/mol. The highest BCUT2D eigenvalue weighted by molar-refractivity contribution is 5.91. The lowest BCUT2D eigenvalue weighted by Crippen LogP contribution is -2.15. The maximum atomic E-state index is 13.8. The largest absolute Gasteiger partial charge is 0.453 e. The van der Waals surface area contributed by atoms with E-state index in [1.165, 1.54) is 36.4 Å². The van der Waals surface area contributed by atoms with Crippen LogP contribution in [0.25, 0.3) is 11.0 Å². The predicted octanol–water partition coefficient (Wildman–Crippen LogP) is 6.58. The van der Waals surface area contributed by atoms with Gasteiger partial charge in [0.25, 0.3) is 5.76 Å². The molecule has 174 valence electrons. The maximum Gasteiger partial charge on any atom is 0.453 e. The number of benzene rings is 3. The van der Waals surface area contributed by atoms with Crippen molar-refractivity contribution in [3.05, 3.63) is 99.2 Å². The molecule has 4 rings (SSSR count). The van der Waals surface area contributed by atoms with Gasteiger partial charge >= 0.3 is 12.1 Å². The van der Waals surface area contributed by atoms with Crippen molar-refractivity contribution in [3.8, 4) is 17.2 Å². The van der Waals surface area contributed by atoms with E-state index < -0.39 is 40.5 Å². The first-order valence-electron chi connectivity index (χ1n) is 9.93. The molecule has 0 fully saturated rings. The molecule has 0 spiro atoms. The standard InChI is InChI=1S/C25H16F4O5/c1-13-9-14(2)11-18(10-13)32-22-21(30)19-8-7-17(12-20(19)34-23(22)25(27,28)29)33-24(31)15-3-5-16(26)6-4-15/h3-12H,1-2H3. The molecule has 9 heteroatoms. The van der Waals surface area contributed by atoms with E-state index >= 15 is 0 Å². The van der Waals surface area contributed by atoms with Gasteiger partial charge in [-0.05, 0) is 73.5 Å². The van der Waals surface area contributed by atoms with Gasteiger partial charge < -0.3 is 13.9 Å². The van der Waals surface area contributed by atoms with Crippen LogP contribution in [0.15, 0.2) is 69.9 Å². The molecule has 0 aliphatic heterocycles. The van der Waals surface area contributed by atoms with Crippen LogP contribution in [0.3, 0.4) is 0 Å². The van der Waals surface area contributed by atoms with Crippen LogP contribution in [0.4, 0.5) is 17.6 Å². The zero-order valence-corrected chi connectivity index (χ0v) is 17.8. The molecule has 0 N–H and O–H groups in total. The van der Waals surface area contributed by atoms with Crippen LogP contribution in [-0.4, -0.2) is 5.97 Å². The van der Waals surface area contributed by atoms with Crippen LogP contribution in [0.5, 0.6) is 17.2 Å². The lowest BCUT2D eigenvalue weighted by atomic mass is 10.1. The fourth-order valence-corrected chi connectivity index (χ4v) is 3.36. The van der Waals surface area contributed by atoms with E-state index in [1.807, 2.05) is 0 Å². The van der Waals surface area contributed by atoms with Crippen molar-refractivity contribution in [2.75, 3.05) is 0 Å². The second-order valence-electron chi connectivity index (χ2n) is 7.57. The summed E-state index contributed by atoms with van der Waals surface area (Å²) in [5.74, 6) is -4.15. The van der Waals surface area contributed by atoms with Crippen molar-refractivity contribution in [2.45, 2.75) is 20.0 Å². The molecule has 0 aliphatic carbocycles. The van der Waals surface area contributed by atoms with E-state index in [0.717, 1.165) is 29.3 Å². The summed E-state index contributed by atoms with van der Waals surface area (Å²) in [6, 6.07) is 12.7. The summed E-state index contributed by atoms with van der Waals surface area (Å²) in [7, 11) is 0. The molecule has 0 atom stereocenters. The van der Waals surface area contributed by atoms with Gasteiger partial charge in [-0.3, -0.25) is 4.79 Å². The van der Waals surface area contributed by atoms with Gasteiger partial charge in [-0.25, -0.2) is 9.18 Å². The second-order valence-corrected chi connectivity index (χ2v) is 7.57. The Morgan fingerprint density at radius 2 is 1.53 bits per heavy atom. The van der Waals surface area contributed by atoms with E-state index in [9.17, 15) is 27.2 Å². The van der Waals surface area contributed by atoms with Gasteiger partial charge in [-0.15, -0.1) is 0 Å².